The molecule has 0 radical (unpaired) electrons. The van der Waals surface area contributed by atoms with Gasteiger partial charge in [0.15, 0.2) is 5.75 Å². The van der Waals surface area contributed by atoms with Crippen LogP contribution in [0, 0.1) is 17.8 Å². The second-order valence-corrected chi connectivity index (χ2v) is 10.8. The van der Waals surface area contributed by atoms with Crippen LogP contribution in [0.25, 0.3) is 0 Å². The third-order valence-electron chi connectivity index (χ3n) is 8.60. The lowest BCUT2D eigenvalue weighted by atomic mass is 9.70. The Labute approximate surface area is 195 Å². The van der Waals surface area contributed by atoms with Gasteiger partial charge in [0.25, 0.3) is 0 Å². The van der Waals surface area contributed by atoms with E-state index in [0.29, 0.717) is 36.4 Å². The van der Waals surface area contributed by atoms with Crippen molar-refractivity contribution in [3.63, 3.8) is 0 Å². The molecule has 1 aromatic carbocycles. The van der Waals surface area contributed by atoms with Gasteiger partial charge in [-0.3, -0.25) is 0 Å². The van der Waals surface area contributed by atoms with Crippen molar-refractivity contribution >= 4 is 17.1 Å². The van der Waals surface area contributed by atoms with Crippen molar-refractivity contribution in [1.29, 1.82) is 0 Å². The minimum Gasteiger partial charge on any atom is -0.430 e. The predicted octanol–water partition coefficient (Wildman–Crippen LogP) is 4.71. The van der Waals surface area contributed by atoms with E-state index >= 15 is 8.78 Å². The first-order valence-electron chi connectivity index (χ1n) is 12.7. The molecule has 3 aliphatic rings. The molecule has 4 rings (SSSR count). The first-order valence-corrected chi connectivity index (χ1v) is 12.7. The van der Waals surface area contributed by atoms with Crippen LogP contribution in [0.15, 0.2) is 6.07 Å². The van der Waals surface area contributed by atoms with Crippen LogP contribution in [0.3, 0.4) is 0 Å². The fraction of sp³-hybridized carbons (Fsp3) is 0.760. The summed E-state index contributed by atoms with van der Waals surface area (Å²) < 4.78 is 35.6. The lowest BCUT2D eigenvalue weighted by Crippen LogP contribution is -2.39. The third kappa shape index (κ3) is 5.32. The molecule has 0 unspecified atom stereocenters. The average molecular weight is 466 g/mol. The first-order chi connectivity index (χ1) is 15.7. The maximum absolute atomic E-state index is 15.2. The highest BCUT2D eigenvalue weighted by Gasteiger charge is 2.45. The molecule has 3 fully saturated rings. The van der Waals surface area contributed by atoms with E-state index in [-0.39, 0.29) is 29.1 Å². The zero-order valence-corrected chi connectivity index (χ0v) is 19.6. The van der Waals surface area contributed by atoms with Gasteiger partial charge in [-0.2, -0.15) is 8.78 Å². The van der Waals surface area contributed by atoms with Gasteiger partial charge >= 0.3 is 6.11 Å². The van der Waals surface area contributed by atoms with Gasteiger partial charge in [0.2, 0.25) is 0 Å². The van der Waals surface area contributed by atoms with Crippen molar-refractivity contribution < 1.29 is 13.5 Å². The molecule has 0 amide bonds. The third-order valence-corrected chi connectivity index (χ3v) is 8.60. The quantitative estimate of drug-likeness (QED) is 0.399. The van der Waals surface area contributed by atoms with Crippen molar-refractivity contribution in [2.45, 2.75) is 101 Å². The number of anilines is 3. The first kappa shape index (κ1) is 24.3. The average Bonchev–Trinajstić information content (AvgIpc) is 2.79. The largest absolute Gasteiger partial charge is 0.430 e. The molecule has 0 bridgehead atoms. The second kappa shape index (κ2) is 9.82. The minimum absolute atomic E-state index is 0.0565. The topological polar surface area (TPSA) is 139 Å². The van der Waals surface area contributed by atoms with Crippen LogP contribution in [0.1, 0.15) is 88.5 Å². The molecule has 0 aromatic heterocycles. The number of hydrogen-bond donors (Lipinski definition) is 5. The molecule has 3 aliphatic carbocycles. The molecule has 8 heteroatoms. The molecule has 0 heterocycles. The van der Waals surface area contributed by atoms with Gasteiger partial charge in [0.1, 0.15) is 0 Å². The van der Waals surface area contributed by atoms with Crippen molar-refractivity contribution in [1.82, 2.24) is 0 Å². The number of nitrogen functional groups attached to an aromatic ring is 3. The van der Waals surface area contributed by atoms with Crippen LogP contribution in [0.5, 0.6) is 5.75 Å². The van der Waals surface area contributed by atoms with Crippen molar-refractivity contribution in [3.05, 3.63) is 11.6 Å². The monoisotopic (exact) mass is 465 g/mol. The molecule has 6 nitrogen and oxygen atoms in total. The summed E-state index contributed by atoms with van der Waals surface area (Å²) in [7, 11) is 0. The lowest BCUT2D eigenvalue weighted by Gasteiger charge is -2.39. The molecule has 0 saturated heterocycles. The molecule has 3 saturated carbocycles. The molecule has 186 valence electrons. The Bertz CT molecular complexity index is 812. The van der Waals surface area contributed by atoms with Crippen molar-refractivity contribution in [2.24, 2.45) is 29.2 Å². The second-order valence-electron chi connectivity index (χ2n) is 10.8. The van der Waals surface area contributed by atoms with Crippen LogP contribution in [-0.2, 0) is 0 Å². The molecular formula is C25H41F2N5O. The maximum atomic E-state index is 15.2. The molecule has 33 heavy (non-hydrogen) atoms. The zero-order valence-electron chi connectivity index (χ0n) is 19.6. The van der Waals surface area contributed by atoms with Gasteiger partial charge in [-0.15, -0.1) is 0 Å². The van der Waals surface area contributed by atoms with Crippen molar-refractivity contribution in [2.75, 3.05) is 17.2 Å². The van der Waals surface area contributed by atoms with E-state index < -0.39 is 12.0 Å². The summed E-state index contributed by atoms with van der Waals surface area (Å²) in [6.45, 7) is 0. The Morgan fingerprint density at radius 1 is 0.697 bits per heavy atom. The number of rotatable bonds is 5. The summed E-state index contributed by atoms with van der Waals surface area (Å²) >= 11 is 0. The smallest absolute Gasteiger partial charge is 0.400 e. The van der Waals surface area contributed by atoms with E-state index in [1.165, 1.54) is 6.07 Å². The molecule has 0 aliphatic heterocycles. The number of hydrogen-bond acceptors (Lipinski definition) is 6. The standard InChI is InChI=1S/C25H41F2N5O/c26-25(27,17-7-1-14(2-8-17)15-3-9-18(28)10-4-15)33-21-13-20(30)22(24(32)23(21)31)16-5-11-19(29)12-6-16/h13-19H,1-12,28-32H2. The van der Waals surface area contributed by atoms with Gasteiger partial charge in [0.05, 0.1) is 17.3 Å². The number of ether oxygens (including phenoxy) is 1. The summed E-state index contributed by atoms with van der Waals surface area (Å²) in [6, 6.07) is 1.93. The predicted molar refractivity (Wildman–Crippen MR) is 130 cm³/mol. The van der Waals surface area contributed by atoms with Crippen molar-refractivity contribution in [3.8, 4) is 5.75 Å². The Kier molecular flexibility index (Phi) is 7.24. The van der Waals surface area contributed by atoms with Crippen LogP contribution in [0.2, 0.25) is 0 Å². The van der Waals surface area contributed by atoms with Gasteiger partial charge in [-0.25, -0.2) is 0 Å². The fourth-order valence-electron chi connectivity index (χ4n) is 6.45. The Morgan fingerprint density at radius 2 is 1.18 bits per heavy atom. The summed E-state index contributed by atoms with van der Waals surface area (Å²) in [4.78, 5) is 0. The van der Waals surface area contributed by atoms with Crippen LogP contribution in [0.4, 0.5) is 25.8 Å². The van der Waals surface area contributed by atoms with Gasteiger partial charge in [-0.05, 0) is 94.8 Å². The summed E-state index contributed by atoms with van der Waals surface area (Å²) in [5, 5.41) is 0. The lowest BCUT2D eigenvalue weighted by molar-refractivity contribution is -0.224. The molecule has 0 atom stereocenters. The maximum Gasteiger partial charge on any atom is 0.400 e. The zero-order chi connectivity index (χ0) is 23.8. The SMILES string of the molecule is Nc1cc(OC(F)(F)C2CCC(C3CCC(N)CC3)CC2)c(N)c(N)c1C1CCC(N)CC1. The molecular weight excluding hydrogens is 424 g/mol. The number of benzene rings is 1. The highest BCUT2D eigenvalue weighted by atomic mass is 19.3. The van der Waals surface area contributed by atoms with Gasteiger partial charge < -0.3 is 33.4 Å². The molecule has 10 N–H and O–H groups in total. The molecule has 0 spiro atoms. The highest BCUT2D eigenvalue weighted by Crippen LogP contribution is 2.48. The van der Waals surface area contributed by atoms with E-state index in [1.54, 1.807) is 0 Å². The Morgan fingerprint density at radius 3 is 1.73 bits per heavy atom. The van der Waals surface area contributed by atoms with E-state index in [1.807, 2.05) is 0 Å². The molecule has 1 aromatic rings. The van der Waals surface area contributed by atoms with Gasteiger partial charge in [0, 0.05) is 29.4 Å². The minimum atomic E-state index is -3.31. The fourth-order valence-corrected chi connectivity index (χ4v) is 6.45. The highest BCUT2D eigenvalue weighted by molar-refractivity contribution is 5.81. The summed E-state index contributed by atoms with van der Waals surface area (Å²) in [5.41, 5.74) is 32.2. The Hall–Kier alpha value is -1.80. The van der Waals surface area contributed by atoms with Crippen LogP contribution >= 0.6 is 0 Å². The van der Waals surface area contributed by atoms with E-state index in [9.17, 15) is 0 Å². The summed E-state index contributed by atoms with van der Waals surface area (Å²) in [5.74, 6) is 0.336. The number of nitrogens with two attached hydrogens (primary N) is 5. The number of alkyl halides is 2. The van der Waals surface area contributed by atoms with Crippen LogP contribution < -0.4 is 33.4 Å². The van der Waals surface area contributed by atoms with E-state index in [2.05, 4.69) is 0 Å². The van der Waals surface area contributed by atoms with E-state index in [0.717, 1.165) is 69.8 Å². The van der Waals surface area contributed by atoms with E-state index in [4.69, 9.17) is 33.4 Å². The number of halogens is 2. The van der Waals surface area contributed by atoms with Crippen LogP contribution in [-0.4, -0.2) is 18.2 Å². The normalized spacial score (nSPS) is 33.6. The summed E-state index contributed by atoms with van der Waals surface area (Å²) in [6.07, 6.45) is 7.05. The Balaban J connectivity index is 1.40. The van der Waals surface area contributed by atoms with Gasteiger partial charge in [-0.1, -0.05) is 0 Å².